The molecule has 0 aromatic rings. The Balaban J connectivity index is 2.35. The van der Waals surface area contributed by atoms with Crippen LogP contribution in [0.25, 0.3) is 0 Å². The third-order valence-corrected chi connectivity index (χ3v) is 3.02. The topological polar surface area (TPSA) is 56.5 Å². The quantitative estimate of drug-likeness (QED) is 0.366. The predicted molar refractivity (Wildman–Crippen MR) is 60.1 cm³/mol. The molecule has 3 N–H and O–H groups in total. The summed E-state index contributed by atoms with van der Waals surface area (Å²) in [7, 11) is 0. The molecule has 1 atom stereocenters. The zero-order chi connectivity index (χ0) is 11.1. The molecule has 4 heteroatoms. The smallest absolute Gasteiger partial charge is 0.173 e. The summed E-state index contributed by atoms with van der Waals surface area (Å²) in [5.41, 5.74) is 2.82. The van der Waals surface area contributed by atoms with E-state index in [1.165, 1.54) is 19.3 Å². The number of nitrogens with two attached hydrogens (primary N) is 1. The molecule has 0 amide bonds. The molecule has 0 saturated heterocycles. The Hall–Kier alpha value is -0.160. The average molecular weight is 216 g/mol. The first-order valence-electron chi connectivity index (χ1n) is 6.01. The summed E-state index contributed by atoms with van der Waals surface area (Å²) >= 11 is 0. The van der Waals surface area contributed by atoms with E-state index in [1.54, 1.807) is 0 Å². The molecule has 90 valence electrons. The molecule has 1 rings (SSSR count). The highest BCUT2D eigenvalue weighted by Crippen LogP contribution is 2.31. The minimum Gasteiger partial charge on any atom is -0.351 e. The number of hydrazine groups is 1. The maximum absolute atomic E-state index is 5.55. The van der Waals surface area contributed by atoms with Crippen molar-refractivity contribution in [1.82, 2.24) is 5.43 Å². The van der Waals surface area contributed by atoms with Crippen LogP contribution in [0.5, 0.6) is 0 Å². The molecule has 0 heterocycles. The fourth-order valence-corrected chi connectivity index (χ4v) is 1.95. The van der Waals surface area contributed by atoms with Gasteiger partial charge in [0.25, 0.3) is 0 Å². The van der Waals surface area contributed by atoms with Crippen LogP contribution in [0.4, 0.5) is 0 Å². The Morgan fingerprint density at radius 1 is 1.27 bits per heavy atom. The van der Waals surface area contributed by atoms with Gasteiger partial charge in [-0.3, -0.25) is 11.3 Å². The zero-order valence-electron chi connectivity index (χ0n) is 9.87. The fourth-order valence-electron chi connectivity index (χ4n) is 1.95. The second kappa shape index (κ2) is 7.17. The normalized spacial score (nSPS) is 19.2. The Kier molecular flexibility index (Phi) is 6.17. The predicted octanol–water partition coefficient (Wildman–Crippen LogP) is 1.41. The van der Waals surface area contributed by atoms with Gasteiger partial charge in [-0.05, 0) is 26.2 Å². The van der Waals surface area contributed by atoms with Crippen LogP contribution in [0.2, 0.25) is 0 Å². The minimum absolute atomic E-state index is 0.121. The van der Waals surface area contributed by atoms with E-state index in [0.717, 1.165) is 12.3 Å². The van der Waals surface area contributed by atoms with Crippen molar-refractivity contribution < 1.29 is 9.47 Å². The van der Waals surface area contributed by atoms with Gasteiger partial charge >= 0.3 is 0 Å². The lowest BCUT2D eigenvalue weighted by Gasteiger charge is -2.33. The average Bonchev–Trinajstić information content (AvgIpc) is 2.17. The van der Waals surface area contributed by atoms with Crippen LogP contribution in [-0.2, 0) is 9.47 Å². The van der Waals surface area contributed by atoms with Gasteiger partial charge in [-0.25, -0.2) is 0 Å². The third kappa shape index (κ3) is 4.07. The van der Waals surface area contributed by atoms with E-state index in [2.05, 4.69) is 5.43 Å². The van der Waals surface area contributed by atoms with E-state index < -0.39 is 0 Å². The van der Waals surface area contributed by atoms with Crippen molar-refractivity contribution in [2.75, 3.05) is 13.2 Å². The van der Waals surface area contributed by atoms with E-state index in [9.17, 15) is 0 Å². The first kappa shape index (κ1) is 12.9. The summed E-state index contributed by atoms with van der Waals surface area (Å²) in [5, 5.41) is 0. The molecule has 1 aliphatic rings. The van der Waals surface area contributed by atoms with Crippen LogP contribution >= 0.6 is 0 Å². The van der Waals surface area contributed by atoms with Crippen molar-refractivity contribution in [2.45, 2.75) is 51.9 Å². The van der Waals surface area contributed by atoms with Gasteiger partial charge in [0, 0.05) is 13.2 Å². The van der Waals surface area contributed by atoms with E-state index in [1.807, 2.05) is 13.8 Å². The second-order valence-corrected chi connectivity index (χ2v) is 4.08. The van der Waals surface area contributed by atoms with Gasteiger partial charge < -0.3 is 9.47 Å². The zero-order valence-corrected chi connectivity index (χ0v) is 9.87. The third-order valence-electron chi connectivity index (χ3n) is 3.02. The van der Waals surface area contributed by atoms with Gasteiger partial charge in [0.05, 0.1) is 6.04 Å². The van der Waals surface area contributed by atoms with Crippen molar-refractivity contribution >= 4 is 0 Å². The highest BCUT2D eigenvalue weighted by atomic mass is 16.7. The number of nitrogens with one attached hydrogen (secondary N) is 1. The summed E-state index contributed by atoms with van der Waals surface area (Å²) in [6, 6.07) is 0.121. The Morgan fingerprint density at radius 3 is 2.20 bits per heavy atom. The van der Waals surface area contributed by atoms with Crippen molar-refractivity contribution in [2.24, 2.45) is 11.8 Å². The molecular weight excluding hydrogens is 192 g/mol. The number of rotatable bonds is 8. The van der Waals surface area contributed by atoms with Crippen LogP contribution in [-0.4, -0.2) is 25.5 Å². The van der Waals surface area contributed by atoms with Gasteiger partial charge in [-0.2, -0.15) is 0 Å². The molecule has 0 aromatic carbocycles. The van der Waals surface area contributed by atoms with E-state index in [-0.39, 0.29) is 12.3 Å². The summed E-state index contributed by atoms with van der Waals surface area (Å²) in [6.45, 7) is 5.27. The lowest BCUT2D eigenvalue weighted by atomic mass is 9.81. The molecule has 0 radical (unpaired) electrons. The summed E-state index contributed by atoms with van der Waals surface area (Å²) in [5.74, 6) is 6.35. The van der Waals surface area contributed by atoms with Gasteiger partial charge in [0.15, 0.2) is 6.29 Å². The first-order valence-corrected chi connectivity index (χ1v) is 6.01. The van der Waals surface area contributed by atoms with E-state index in [0.29, 0.717) is 13.2 Å². The van der Waals surface area contributed by atoms with E-state index >= 15 is 0 Å². The summed E-state index contributed by atoms with van der Waals surface area (Å²) in [6.07, 6.45) is 4.86. The molecule has 1 aliphatic carbocycles. The molecule has 1 saturated carbocycles. The maximum Gasteiger partial charge on any atom is 0.173 e. The molecule has 0 aliphatic heterocycles. The Labute approximate surface area is 92.5 Å². The number of ether oxygens (including phenoxy) is 2. The van der Waals surface area contributed by atoms with Crippen LogP contribution in [0.3, 0.4) is 0 Å². The van der Waals surface area contributed by atoms with Gasteiger partial charge in [0.2, 0.25) is 0 Å². The van der Waals surface area contributed by atoms with Gasteiger partial charge in [0.1, 0.15) is 0 Å². The van der Waals surface area contributed by atoms with Crippen LogP contribution in [0.15, 0.2) is 0 Å². The minimum atomic E-state index is -0.203. The highest BCUT2D eigenvalue weighted by Gasteiger charge is 2.27. The molecule has 15 heavy (non-hydrogen) atoms. The molecule has 0 aromatic heterocycles. The molecule has 0 spiro atoms. The van der Waals surface area contributed by atoms with Crippen molar-refractivity contribution in [3.8, 4) is 0 Å². The SMILES string of the molecule is CCOC(OCC)C(CC1CCC1)NN. The van der Waals surface area contributed by atoms with Gasteiger partial charge in [-0.1, -0.05) is 19.3 Å². The van der Waals surface area contributed by atoms with Crippen molar-refractivity contribution in [3.05, 3.63) is 0 Å². The maximum atomic E-state index is 5.55. The summed E-state index contributed by atoms with van der Waals surface area (Å²) < 4.78 is 11.1. The molecule has 0 bridgehead atoms. The molecule has 1 unspecified atom stereocenters. The van der Waals surface area contributed by atoms with Crippen LogP contribution in [0, 0.1) is 5.92 Å². The molecular formula is C11H24N2O2. The monoisotopic (exact) mass is 216 g/mol. The lowest BCUT2D eigenvalue weighted by Crippen LogP contribution is -2.48. The largest absolute Gasteiger partial charge is 0.351 e. The summed E-state index contributed by atoms with van der Waals surface area (Å²) in [4.78, 5) is 0. The fraction of sp³-hybridized carbons (Fsp3) is 1.00. The van der Waals surface area contributed by atoms with Gasteiger partial charge in [-0.15, -0.1) is 0 Å². The first-order chi connectivity index (χ1) is 7.31. The second-order valence-electron chi connectivity index (χ2n) is 4.08. The van der Waals surface area contributed by atoms with Crippen molar-refractivity contribution in [3.63, 3.8) is 0 Å². The number of hydrogen-bond donors (Lipinski definition) is 2. The Bertz CT molecular complexity index is 157. The standard InChI is InChI=1S/C11H24N2O2/c1-3-14-11(15-4-2)10(13-12)8-9-6-5-7-9/h9-11,13H,3-8,12H2,1-2H3. The lowest BCUT2D eigenvalue weighted by molar-refractivity contribution is -0.157. The van der Waals surface area contributed by atoms with Crippen LogP contribution < -0.4 is 11.3 Å². The van der Waals surface area contributed by atoms with Crippen LogP contribution in [0.1, 0.15) is 39.5 Å². The Morgan fingerprint density at radius 2 is 1.87 bits per heavy atom. The number of hydrogen-bond acceptors (Lipinski definition) is 4. The molecule has 4 nitrogen and oxygen atoms in total. The van der Waals surface area contributed by atoms with Crippen molar-refractivity contribution in [1.29, 1.82) is 0 Å². The highest BCUT2D eigenvalue weighted by molar-refractivity contribution is 4.78. The van der Waals surface area contributed by atoms with E-state index in [4.69, 9.17) is 15.3 Å². The molecule has 1 fully saturated rings.